The largest absolute Gasteiger partial charge is 0.490 e. The molecule has 2 nitrogen and oxygen atoms in total. The summed E-state index contributed by atoms with van der Waals surface area (Å²) in [7, 11) is 0. The smallest absolute Gasteiger partial charge is 0.161 e. The van der Waals surface area contributed by atoms with Crippen molar-refractivity contribution in [3.05, 3.63) is 35.0 Å². The third-order valence-corrected chi connectivity index (χ3v) is 13.5. The van der Waals surface area contributed by atoms with Crippen LogP contribution in [-0.4, -0.2) is 13.2 Å². The summed E-state index contributed by atoms with van der Waals surface area (Å²) in [6.07, 6.45) is 20.9. The van der Waals surface area contributed by atoms with Crippen LogP contribution in [0.15, 0.2) is 35.0 Å². The second-order valence-electron chi connectivity index (χ2n) is 12.3. The zero-order chi connectivity index (χ0) is 30.1. The van der Waals surface area contributed by atoms with E-state index in [2.05, 4.69) is 48.9 Å². The lowest BCUT2D eigenvalue weighted by Crippen LogP contribution is -2.03. The minimum Gasteiger partial charge on any atom is -0.490 e. The van der Waals surface area contributed by atoms with Gasteiger partial charge in [0.1, 0.15) is 0 Å². The molecule has 0 spiro atoms. The van der Waals surface area contributed by atoms with Crippen LogP contribution in [-0.2, 0) is 0 Å². The molecule has 4 aromatic heterocycles. The Labute approximate surface area is 279 Å². The van der Waals surface area contributed by atoms with Crippen LogP contribution in [0.2, 0.25) is 0 Å². The molecule has 236 valence electrons. The molecule has 0 saturated carbocycles. The van der Waals surface area contributed by atoms with Gasteiger partial charge in [-0.2, -0.15) is 0 Å². The Hall–Kier alpha value is -1.86. The van der Waals surface area contributed by atoms with Gasteiger partial charge >= 0.3 is 0 Å². The van der Waals surface area contributed by atoms with Gasteiger partial charge in [0.2, 0.25) is 0 Å². The third-order valence-electron chi connectivity index (χ3n) is 8.93. The fourth-order valence-corrected chi connectivity index (χ4v) is 11.4. The van der Waals surface area contributed by atoms with Crippen LogP contribution in [0.1, 0.15) is 117 Å². The van der Waals surface area contributed by atoms with Gasteiger partial charge in [-0.05, 0) is 58.6 Å². The molecule has 44 heavy (non-hydrogen) atoms. The lowest BCUT2D eigenvalue weighted by atomic mass is 10.0. The predicted octanol–water partition coefficient (Wildman–Crippen LogP) is 14.7. The van der Waals surface area contributed by atoms with E-state index >= 15 is 0 Å². The normalized spacial score (nSPS) is 12.1. The SMILES string of the molecule is CCCCCCCCCCOc1cc2c(cc1OCCCCCCCCCC)c1c3sccc3sc1c1sc3ccsc3c21. The number of benzene rings is 2. The van der Waals surface area contributed by atoms with Crippen molar-refractivity contribution in [2.24, 2.45) is 0 Å². The zero-order valence-electron chi connectivity index (χ0n) is 26.6. The van der Waals surface area contributed by atoms with Crippen LogP contribution in [0.5, 0.6) is 11.5 Å². The molecular formula is C38H48O2S4. The van der Waals surface area contributed by atoms with E-state index in [1.807, 2.05) is 45.3 Å². The van der Waals surface area contributed by atoms with Crippen molar-refractivity contribution in [3.8, 4) is 11.5 Å². The number of ether oxygens (including phenoxy) is 2. The fraction of sp³-hybridized carbons (Fsp3) is 0.526. The van der Waals surface area contributed by atoms with E-state index < -0.39 is 0 Å². The van der Waals surface area contributed by atoms with Crippen LogP contribution in [0.4, 0.5) is 0 Å². The summed E-state index contributed by atoms with van der Waals surface area (Å²) in [5.74, 6) is 1.85. The minimum absolute atomic E-state index is 0.756. The Kier molecular flexibility index (Phi) is 11.8. The van der Waals surface area contributed by atoms with Gasteiger partial charge in [0.15, 0.2) is 11.5 Å². The van der Waals surface area contributed by atoms with Crippen molar-refractivity contribution < 1.29 is 9.47 Å². The van der Waals surface area contributed by atoms with E-state index in [-0.39, 0.29) is 0 Å². The van der Waals surface area contributed by atoms with E-state index in [1.54, 1.807) is 0 Å². The van der Waals surface area contributed by atoms with E-state index in [0.29, 0.717) is 0 Å². The van der Waals surface area contributed by atoms with Gasteiger partial charge in [0, 0.05) is 20.2 Å². The number of rotatable bonds is 20. The Bertz CT molecular complexity index is 1640. The number of hydrogen-bond acceptors (Lipinski definition) is 6. The number of thiophene rings is 4. The van der Waals surface area contributed by atoms with Crippen LogP contribution >= 0.6 is 45.3 Å². The molecule has 0 bridgehead atoms. The first-order valence-electron chi connectivity index (χ1n) is 17.2. The molecule has 6 heteroatoms. The third kappa shape index (κ3) is 7.24. The topological polar surface area (TPSA) is 18.5 Å². The standard InChI is InChI=1S/C38H48O2S4/c1-3-5-7-9-11-13-15-17-21-39-29-25-27-28(26-30(29)40-22-18-16-14-12-10-8-6-4-2)34-36-32(20-24-42-36)44-38(34)37-33(27)35-31(43-37)19-23-41-35/h19-20,23-26H,3-18,21-22H2,1-2H3. The molecule has 0 aliphatic carbocycles. The van der Waals surface area contributed by atoms with E-state index in [9.17, 15) is 0 Å². The molecule has 0 N–H and O–H groups in total. The van der Waals surface area contributed by atoms with Gasteiger partial charge in [-0.3, -0.25) is 0 Å². The Morgan fingerprint density at radius 2 is 0.864 bits per heavy atom. The van der Waals surface area contributed by atoms with E-state index in [0.717, 1.165) is 37.6 Å². The molecule has 6 aromatic rings. The Morgan fingerprint density at radius 1 is 0.477 bits per heavy atom. The van der Waals surface area contributed by atoms with Crippen LogP contribution in [0, 0.1) is 0 Å². The second-order valence-corrected chi connectivity index (χ2v) is 16.3. The predicted molar refractivity (Wildman–Crippen MR) is 202 cm³/mol. The summed E-state index contributed by atoms with van der Waals surface area (Å²) in [6.45, 7) is 6.09. The average molecular weight is 665 g/mol. The Morgan fingerprint density at radius 3 is 1.27 bits per heavy atom. The number of unbranched alkanes of at least 4 members (excludes halogenated alkanes) is 14. The first-order chi connectivity index (χ1) is 21.8. The van der Waals surface area contributed by atoms with Gasteiger partial charge in [0.05, 0.1) is 32.0 Å². The monoisotopic (exact) mass is 664 g/mol. The molecule has 0 radical (unpaired) electrons. The molecule has 0 fully saturated rings. The highest BCUT2D eigenvalue weighted by Crippen LogP contribution is 2.52. The number of fused-ring (bicyclic) bond motifs is 10. The maximum Gasteiger partial charge on any atom is 0.161 e. The Balaban J connectivity index is 1.25. The lowest BCUT2D eigenvalue weighted by molar-refractivity contribution is 0.259. The lowest BCUT2D eigenvalue weighted by Gasteiger charge is -2.16. The van der Waals surface area contributed by atoms with Crippen molar-refractivity contribution in [2.75, 3.05) is 13.2 Å². The van der Waals surface area contributed by atoms with Crippen molar-refractivity contribution in [3.63, 3.8) is 0 Å². The van der Waals surface area contributed by atoms with Crippen molar-refractivity contribution in [1.29, 1.82) is 0 Å². The van der Waals surface area contributed by atoms with Crippen LogP contribution < -0.4 is 9.47 Å². The molecule has 0 amide bonds. The zero-order valence-corrected chi connectivity index (χ0v) is 29.9. The first-order valence-corrected chi connectivity index (χ1v) is 20.6. The highest BCUT2D eigenvalue weighted by atomic mass is 32.1. The highest BCUT2D eigenvalue weighted by molar-refractivity contribution is 7.38. The average Bonchev–Trinajstić information content (AvgIpc) is 3.81. The van der Waals surface area contributed by atoms with Crippen molar-refractivity contribution in [2.45, 2.75) is 117 Å². The summed E-state index contributed by atoms with van der Waals surface area (Å²) >= 11 is 7.66. The fourth-order valence-electron chi connectivity index (χ4n) is 6.49. The maximum atomic E-state index is 6.60. The summed E-state index contributed by atoms with van der Waals surface area (Å²) in [6, 6.07) is 9.24. The van der Waals surface area contributed by atoms with E-state index in [1.165, 1.54) is 140 Å². The highest BCUT2D eigenvalue weighted by Gasteiger charge is 2.21. The van der Waals surface area contributed by atoms with Gasteiger partial charge in [0.25, 0.3) is 0 Å². The van der Waals surface area contributed by atoms with Gasteiger partial charge in [-0.1, -0.05) is 104 Å². The molecule has 0 unspecified atom stereocenters. The molecule has 0 aliphatic rings. The summed E-state index contributed by atoms with van der Waals surface area (Å²) in [5, 5.41) is 9.93. The second kappa shape index (κ2) is 16.1. The van der Waals surface area contributed by atoms with Crippen LogP contribution in [0.3, 0.4) is 0 Å². The molecule has 0 aliphatic heterocycles. The molecule has 6 rings (SSSR count). The maximum absolute atomic E-state index is 6.60. The minimum atomic E-state index is 0.756. The molecule has 2 aromatic carbocycles. The van der Waals surface area contributed by atoms with Crippen LogP contribution in [0.25, 0.3) is 49.7 Å². The van der Waals surface area contributed by atoms with Crippen molar-refractivity contribution >= 4 is 95.1 Å². The number of hydrogen-bond donors (Lipinski definition) is 0. The molecule has 4 heterocycles. The summed E-state index contributed by atoms with van der Waals surface area (Å²) in [5.41, 5.74) is 0. The van der Waals surface area contributed by atoms with Gasteiger partial charge in [-0.15, -0.1) is 45.3 Å². The molecule has 0 atom stereocenters. The quantitative estimate of drug-likeness (QED) is 0.0756. The van der Waals surface area contributed by atoms with Gasteiger partial charge in [-0.25, -0.2) is 0 Å². The summed E-state index contributed by atoms with van der Waals surface area (Å²) < 4.78 is 21.7. The summed E-state index contributed by atoms with van der Waals surface area (Å²) in [4.78, 5) is 0. The van der Waals surface area contributed by atoms with Crippen molar-refractivity contribution in [1.82, 2.24) is 0 Å². The van der Waals surface area contributed by atoms with E-state index in [4.69, 9.17) is 9.47 Å². The molecule has 0 saturated heterocycles. The van der Waals surface area contributed by atoms with Gasteiger partial charge < -0.3 is 9.47 Å². The first kappa shape index (κ1) is 32.1. The molecular weight excluding hydrogens is 617 g/mol.